The number of carbonyl (C=O) groups is 1. The Kier molecular flexibility index (Phi) is 3.93. The van der Waals surface area contributed by atoms with Crippen molar-refractivity contribution in [2.45, 2.75) is 43.9 Å². The largest absolute Gasteiger partial charge is 0.339 e. The van der Waals surface area contributed by atoms with E-state index >= 15 is 0 Å². The van der Waals surface area contributed by atoms with E-state index in [0.717, 1.165) is 35.4 Å². The number of rotatable bonds is 2. The number of nitrogens with zero attached hydrogens (tertiary/aromatic N) is 2. The molecule has 0 unspecified atom stereocenters. The van der Waals surface area contributed by atoms with E-state index in [1.807, 2.05) is 22.7 Å². The average molecular weight is 357 g/mol. The van der Waals surface area contributed by atoms with Crippen molar-refractivity contribution in [3.63, 3.8) is 0 Å². The van der Waals surface area contributed by atoms with Crippen LogP contribution < -0.4 is 0 Å². The molecule has 110 valence electrons. The molecule has 0 spiro atoms. The molecule has 0 N–H and O–H groups in total. The first-order chi connectivity index (χ1) is 9.46. The first-order valence-electron chi connectivity index (χ1n) is 7.27. The zero-order chi connectivity index (χ0) is 14.3. The lowest BCUT2D eigenvalue weighted by atomic mass is 10.1. The summed E-state index contributed by atoms with van der Waals surface area (Å²) in [6.07, 6.45) is 5.52. The minimum Gasteiger partial charge on any atom is -0.339 e. The van der Waals surface area contributed by atoms with Gasteiger partial charge in [0.05, 0.1) is 0 Å². The standard InChI is InChI=1S/C15H21BrN2OS/c1-15(2)5-6-17(7-8-20-15)14(19)13-9-11(16)10-18(13)12-3-4-12/h9-10,12H,3-8H2,1-2H3. The quantitative estimate of drug-likeness (QED) is 0.801. The van der Waals surface area contributed by atoms with Crippen molar-refractivity contribution >= 4 is 33.6 Å². The summed E-state index contributed by atoms with van der Waals surface area (Å²) in [6, 6.07) is 2.52. The lowest BCUT2D eigenvalue weighted by Crippen LogP contribution is -2.34. The normalized spacial score (nSPS) is 22.6. The van der Waals surface area contributed by atoms with Crippen LogP contribution >= 0.6 is 27.7 Å². The molecule has 1 aromatic heterocycles. The van der Waals surface area contributed by atoms with Crippen molar-refractivity contribution in [3.8, 4) is 0 Å². The molecular formula is C15H21BrN2OS. The van der Waals surface area contributed by atoms with Crippen LogP contribution in [0.4, 0.5) is 0 Å². The van der Waals surface area contributed by atoms with Crippen LogP contribution in [0.2, 0.25) is 0 Å². The fourth-order valence-corrected chi connectivity index (χ4v) is 4.19. The molecule has 1 aliphatic carbocycles. The van der Waals surface area contributed by atoms with Gasteiger partial charge in [-0.2, -0.15) is 11.8 Å². The van der Waals surface area contributed by atoms with Crippen LogP contribution in [0.5, 0.6) is 0 Å². The van der Waals surface area contributed by atoms with E-state index in [1.165, 1.54) is 12.8 Å². The van der Waals surface area contributed by atoms with Crippen LogP contribution in [0, 0.1) is 0 Å². The van der Waals surface area contributed by atoms with Gasteiger partial charge in [0.25, 0.3) is 5.91 Å². The molecule has 20 heavy (non-hydrogen) atoms. The van der Waals surface area contributed by atoms with E-state index in [-0.39, 0.29) is 10.7 Å². The Morgan fingerprint density at radius 3 is 2.85 bits per heavy atom. The van der Waals surface area contributed by atoms with Crippen LogP contribution in [0.25, 0.3) is 0 Å². The van der Waals surface area contributed by atoms with Gasteiger partial charge in [0.1, 0.15) is 5.69 Å². The van der Waals surface area contributed by atoms with Gasteiger partial charge in [0.15, 0.2) is 0 Å². The number of amides is 1. The topological polar surface area (TPSA) is 25.2 Å². The van der Waals surface area contributed by atoms with Gasteiger partial charge >= 0.3 is 0 Å². The van der Waals surface area contributed by atoms with Crippen molar-refractivity contribution in [1.82, 2.24) is 9.47 Å². The van der Waals surface area contributed by atoms with Crippen molar-refractivity contribution in [2.24, 2.45) is 0 Å². The van der Waals surface area contributed by atoms with E-state index in [1.54, 1.807) is 0 Å². The number of halogens is 1. The molecule has 3 rings (SSSR count). The molecular weight excluding hydrogens is 336 g/mol. The van der Waals surface area contributed by atoms with Crippen molar-refractivity contribution in [2.75, 3.05) is 18.8 Å². The molecule has 0 aromatic carbocycles. The van der Waals surface area contributed by atoms with E-state index in [9.17, 15) is 4.79 Å². The molecule has 0 bridgehead atoms. The maximum Gasteiger partial charge on any atom is 0.270 e. The summed E-state index contributed by atoms with van der Waals surface area (Å²) in [7, 11) is 0. The lowest BCUT2D eigenvalue weighted by molar-refractivity contribution is 0.0753. The highest BCUT2D eigenvalue weighted by Gasteiger charge is 2.31. The van der Waals surface area contributed by atoms with Crippen molar-refractivity contribution < 1.29 is 4.79 Å². The van der Waals surface area contributed by atoms with Gasteiger partial charge < -0.3 is 9.47 Å². The molecule has 3 nitrogen and oxygen atoms in total. The highest BCUT2D eigenvalue weighted by atomic mass is 79.9. The van der Waals surface area contributed by atoms with Gasteiger partial charge in [-0.25, -0.2) is 0 Å². The summed E-state index contributed by atoms with van der Waals surface area (Å²) >= 11 is 5.48. The molecule has 0 atom stereocenters. The predicted molar refractivity (Wildman–Crippen MR) is 87.5 cm³/mol. The Hall–Kier alpha value is -0.420. The van der Waals surface area contributed by atoms with E-state index in [2.05, 4.69) is 40.5 Å². The smallest absolute Gasteiger partial charge is 0.270 e. The SMILES string of the molecule is CC1(C)CCN(C(=O)c2cc(Br)cn2C2CC2)CCS1. The molecule has 1 aromatic rings. The van der Waals surface area contributed by atoms with Crippen LogP contribution in [0.1, 0.15) is 49.6 Å². The number of aromatic nitrogens is 1. The Balaban J connectivity index is 1.78. The Bertz CT molecular complexity index is 522. The second-order valence-corrected chi connectivity index (χ2v) is 9.05. The van der Waals surface area contributed by atoms with Crippen molar-refractivity contribution in [1.29, 1.82) is 0 Å². The third-order valence-corrected chi connectivity index (χ3v) is 5.91. The van der Waals surface area contributed by atoms with Crippen LogP contribution in [0.15, 0.2) is 16.7 Å². The van der Waals surface area contributed by atoms with Crippen molar-refractivity contribution in [3.05, 3.63) is 22.4 Å². The molecule has 0 radical (unpaired) electrons. The van der Waals surface area contributed by atoms with E-state index in [4.69, 9.17) is 0 Å². The van der Waals surface area contributed by atoms with Gasteiger partial charge in [-0.05, 0) is 41.3 Å². The molecule has 1 saturated carbocycles. The van der Waals surface area contributed by atoms with Crippen LogP contribution in [-0.4, -0.2) is 39.0 Å². The third-order valence-electron chi connectivity index (χ3n) is 4.10. The van der Waals surface area contributed by atoms with Crippen LogP contribution in [0.3, 0.4) is 0 Å². The van der Waals surface area contributed by atoms with Gasteiger partial charge in [-0.1, -0.05) is 13.8 Å². The molecule has 2 heterocycles. The van der Waals surface area contributed by atoms with Gasteiger partial charge in [-0.3, -0.25) is 4.79 Å². The van der Waals surface area contributed by atoms with E-state index < -0.39 is 0 Å². The minimum absolute atomic E-state index is 0.195. The average Bonchev–Trinajstić information content (AvgIpc) is 3.17. The maximum absolute atomic E-state index is 12.8. The predicted octanol–water partition coefficient (Wildman–Crippen LogP) is 3.94. The third kappa shape index (κ3) is 3.08. The Morgan fingerprint density at radius 1 is 1.40 bits per heavy atom. The molecule has 1 amide bonds. The first-order valence-corrected chi connectivity index (χ1v) is 9.05. The summed E-state index contributed by atoms with van der Waals surface area (Å²) in [5.41, 5.74) is 0.851. The van der Waals surface area contributed by atoms with Gasteiger partial charge in [0, 0.05) is 40.3 Å². The number of hydrogen-bond donors (Lipinski definition) is 0. The summed E-state index contributed by atoms with van der Waals surface area (Å²) < 4.78 is 3.46. The highest BCUT2D eigenvalue weighted by molar-refractivity contribution is 9.10. The first kappa shape index (κ1) is 14.5. The lowest BCUT2D eigenvalue weighted by Gasteiger charge is -2.23. The fraction of sp³-hybridized carbons (Fsp3) is 0.667. The Labute approximate surface area is 133 Å². The maximum atomic E-state index is 12.8. The van der Waals surface area contributed by atoms with E-state index in [0.29, 0.717) is 6.04 Å². The number of thioether (sulfide) groups is 1. The van der Waals surface area contributed by atoms with Gasteiger partial charge in [0.2, 0.25) is 0 Å². The number of hydrogen-bond acceptors (Lipinski definition) is 2. The molecule has 1 saturated heterocycles. The molecule has 1 aliphatic heterocycles. The zero-order valence-corrected chi connectivity index (χ0v) is 14.5. The summed E-state index contributed by atoms with van der Waals surface area (Å²) in [5.74, 6) is 1.23. The monoisotopic (exact) mass is 356 g/mol. The molecule has 5 heteroatoms. The van der Waals surface area contributed by atoms with Gasteiger partial charge in [-0.15, -0.1) is 0 Å². The highest BCUT2D eigenvalue weighted by Crippen LogP contribution is 2.38. The second-order valence-electron chi connectivity index (χ2n) is 6.33. The number of carbonyl (C=O) groups excluding carboxylic acids is 1. The summed E-state index contributed by atoms with van der Waals surface area (Å²) in [5, 5.41) is 0. The fourth-order valence-electron chi connectivity index (χ4n) is 2.66. The van der Waals surface area contributed by atoms with Crippen LogP contribution in [-0.2, 0) is 0 Å². The molecule has 2 fully saturated rings. The summed E-state index contributed by atoms with van der Waals surface area (Å²) in [4.78, 5) is 14.8. The Morgan fingerprint density at radius 2 is 2.15 bits per heavy atom. The second kappa shape index (κ2) is 5.41. The zero-order valence-electron chi connectivity index (χ0n) is 12.1. The summed E-state index contributed by atoms with van der Waals surface area (Å²) in [6.45, 7) is 6.27. The molecule has 2 aliphatic rings. The minimum atomic E-state index is 0.195.